The Labute approximate surface area is 111 Å². The van der Waals surface area contributed by atoms with Crippen LogP contribution in [0.3, 0.4) is 0 Å². The van der Waals surface area contributed by atoms with Crippen LogP contribution in [-0.4, -0.2) is 29.4 Å². The van der Waals surface area contributed by atoms with Crippen molar-refractivity contribution in [3.63, 3.8) is 0 Å². The first-order valence-electron chi connectivity index (χ1n) is 7.61. The van der Waals surface area contributed by atoms with Gasteiger partial charge in [-0.05, 0) is 31.6 Å². The largest absolute Gasteiger partial charge is 0.341 e. The first kappa shape index (κ1) is 13.9. The molecule has 0 bridgehead atoms. The Bertz CT molecular complexity index is 297. The number of hydrogen-bond acceptors (Lipinski definition) is 2. The number of hydrogen-bond donors (Lipinski definition) is 1. The molecule has 1 amide bonds. The normalized spacial score (nSPS) is 31.9. The van der Waals surface area contributed by atoms with E-state index >= 15 is 0 Å². The van der Waals surface area contributed by atoms with E-state index in [4.69, 9.17) is 5.73 Å². The summed E-state index contributed by atoms with van der Waals surface area (Å²) in [6, 6.07) is 0.411. The Balaban J connectivity index is 2.02. The molecule has 18 heavy (non-hydrogen) atoms. The van der Waals surface area contributed by atoms with Gasteiger partial charge in [0.25, 0.3) is 0 Å². The van der Waals surface area contributed by atoms with Crippen molar-refractivity contribution in [1.29, 1.82) is 0 Å². The van der Waals surface area contributed by atoms with Crippen molar-refractivity contribution < 1.29 is 4.79 Å². The zero-order valence-corrected chi connectivity index (χ0v) is 12.0. The van der Waals surface area contributed by atoms with Gasteiger partial charge in [0, 0.05) is 13.1 Å². The molecule has 0 aliphatic heterocycles. The lowest BCUT2D eigenvalue weighted by Gasteiger charge is -2.42. The minimum Gasteiger partial charge on any atom is -0.341 e. The van der Waals surface area contributed by atoms with Crippen LogP contribution in [0, 0.1) is 5.92 Å². The molecule has 2 atom stereocenters. The third-order valence-corrected chi connectivity index (χ3v) is 5.06. The first-order chi connectivity index (χ1) is 8.54. The highest BCUT2D eigenvalue weighted by Crippen LogP contribution is 2.32. The second kappa shape index (κ2) is 5.60. The van der Waals surface area contributed by atoms with Crippen molar-refractivity contribution in [2.24, 2.45) is 11.7 Å². The van der Waals surface area contributed by atoms with E-state index in [0.29, 0.717) is 12.0 Å². The van der Waals surface area contributed by atoms with Gasteiger partial charge in [-0.15, -0.1) is 0 Å². The summed E-state index contributed by atoms with van der Waals surface area (Å²) in [5.41, 5.74) is 5.80. The van der Waals surface area contributed by atoms with Crippen LogP contribution in [-0.2, 0) is 4.79 Å². The third-order valence-electron chi connectivity index (χ3n) is 5.06. The minimum absolute atomic E-state index is 0.195. The fourth-order valence-corrected chi connectivity index (χ4v) is 3.77. The maximum absolute atomic E-state index is 12.7. The lowest BCUT2D eigenvalue weighted by atomic mass is 9.79. The van der Waals surface area contributed by atoms with Crippen LogP contribution in [0.5, 0.6) is 0 Å². The fourth-order valence-electron chi connectivity index (χ4n) is 3.77. The van der Waals surface area contributed by atoms with Crippen molar-refractivity contribution in [3.8, 4) is 0 Å². The highest BCUT2D eigenvalue weighted by atomic mass is 16.2. The fraction of sp³-hybridized carbons (Fsp3) is 0.933. The van der Waals surface area contributed by atoms with E-state index in [1.165, 1.54) is 25.7 Å². The number of carbonyl (C=O) groups excluding carboxylic acids is 1. The molecule has 3 nitrogen and oxygen atoms in total. The number of rotatable bonds is 2. The molecule has 2 N–H and O–H groups in total. The summed E-state index contributed by atoms with van der Waals surface area (Å²) in [6.45, 7) is 2.28. The van der Waals surface area contributed by atoms with Gasteiger partial charge < -0.3 is 10.6 Å². The average Bonchev–Trinajstić information content (AvgIpc) is 2.38. The van der Waals surface area contributed by atoms with Gasteiger partial charge in [0.2, 0.25) is 5.91 Å². The second-order valence-corrected chi connectivity index (χ2v) is 6.46. The molecular formula is C15H28N2O. The molecule has 2 fully saturated rings. The van der Waals surface area contributed by atoms with Crippen molar-refractivity contribution in [1.82, 2.24) is 4.90 Å². The maximum Gasteiger partial charge on any atom is 0.242 e. The van der Waals surface area contributed by atoms with Gasteiger partial charge in [-0.1, -0.05) is 39.0 Å². The first-order valence-corrected chi connectivity index (χ1v) is 7.61. The van der Waals surface area contributed by atoms with E-state index in [1.54, 1.807) is 0 Å². The average molecular weight is 252 g/mol. The van der Waals surface area contributed by atoms with Gasteiger partial charge >= 0.3 is 0 Å². The molecule has 0 aromatic rings. The molecule has 0 saturated heterocycles. The number of likely N-dealkylation sites (N-methyl/N-ethyl adjacent to an activating group) is 1. The van der Waals surface area contributed by atoms with Crippen LogP contribution < -0.4 is 5.73 Å². The summed E-state index contributed by atoms with van der Waals surface area (Å²) in [5, 5.41) is 0. The van der Waals surface area contributed by atoms with Crippen molar-refractivity contribution >= 4 is 5.91 Å². The summed E-state index contributed by atoms with van der Waals surface area (Å²) < 4.78 is 0. The van der Waals surface area contributed by atoms with Crippen molar-refractivity contribution in [2.75, 3.05) is 7.05 Å². The van der Waals surface area contributed by atoms with Crippen LogP contribution in [0.15, 0.2) is 0 Å². The molecule has 104 valence electrons. The van der Waals surface area contributed by atoms with E-state index in [-0.39, 0.29) is 5.91 Å². The van der Waals surface area contributed by atoms with Crippen LogP contribution in [0.25, 0.3) is 0 Å². The topological polar surface area (TPSA) is 46.3 Å². The minimum atomic E-state index is -0.565. The van der Waals surface area contributed by atoms with Gasteiger partial charge in [0.1, 0.15) is 0 Å². The van der Waals surface area contributed by atoms with Gasteiger partial charge in [0.05, 0.1) is 5.54 Å². The molecule has 2 rings (SSSR count). The Morgan fingerprint density at radius 3 is 2.33 bits per heavy atom. The molecular weight excluding hydrogens is 224 g/mol. The molecule has 2 unspecified atom stereocenters. The summed E-state index contributed by atoms with van der Waals surface area (Å²) >= 11 is 0. The predicted molar refractivity (Wildman–Crippen MR) is 74.2 cm³/mol. The predicted octanol–water partition coefficient (Wildman–Crippen LogP) is 2.69. The monoisotopic (exact) mass is 252 g/mol. The van der Waals surface area contributed by atoms with E-state index < -0.39 is 5.54 Å². The summed E-state index contributed by atoms with van der Waals surface area (Å²) in [6.07, 6.45) is 10.2. The van der Waals surface area contributed by atoms with E-state index in [0.717, 1.165) is 32.1 Å². The summed E-state index contributed by atoms with van der Waals surface area (Å²) in [5.74, 6) is 0.820. The molecule has 2 saturated carbocycles. The second-order valence-electron chi connectivity index (χ2n) is 6.46. The Hall–Kier alpha value is -0.570. The van der Waals surface area contributed by atoms with Gasteiger partial charge in [-0.2, -0.15) is 0 Å². The Morgan fingerprint density at radius 2 is 1.72 bits per heavy atom. The molecule has 2 aliphatic rings. The molecule has 2 aliphatic carbocycles. The van der Waals surface area contributed by atoms with Gasteiger partial charge in [0.15, 0.2) is 0 Å². The van der Waals surface area contributed by atoms with E-state index in [2.05, 4.69) is 6.92 Å². The van der Waals surface area contributed by atoms with Gasteiger partial charge in [-0.3, -0.25) is 4.79 Å². The molecule has 0 aromatic carbocycles. The van der Waals surface area contributed by atoms with E-state index in [1.807, 2.05) is 11.9 Å². The molecule has 3 heteroatoms. The Morgan fingerprint density at radius 1 is 1.11 bits per heavy atom. The van der Waals surface area contributed by atoms with Crippen LogP contribution >= 0.6 is 0 Å². The van der Waals surface area contributed by atoms with E-state index in [9.17, 15) is 4.79 Å². The highest BCUT2D eigenvalue weighted by Gasteiger charge is 2.40. The van der Waals surface area contributed by atoms with Crippen LogP contribution in [0.1, 0.15) is 64.7 Å². The van der Waals surface area contributed by atoms with Crippen LogP contribution in [0.4, 0.5) is 0 Å². The molecule has 0 spiro atoms. The lowest BCUT2D eigenvalue weighted by Crippen LogP contribution is -2.58. The number of amides is 1. The third kappa shape index (κ3) is 2.71. The zero-order valence-electron chi connectivity index (χ0n) is 12.0. The van der Waals surface area contributed by atoms with Crippen molar-refractivity contribution in [3.05, 3.63) is 0 Å². The van der Waals surface area contributed by atoms with Crippen molar-refractivity contribution in [2.45, 2.75) is 76.3 Å². The number of nitrogens with two attached hydrogens (primary N) is 1. The molecule has 0 heterocycles. The molecule has 0 aromatic heterocycles. The number of carbonyl (C=O) groups is 1. The lowest BCUT2D eigenvalue weighted by molar-refractivity contribution is -0.140. The SMILES string of the molecule is CC1CCCCC1N(C)C(=O)C1(N)CCCCC1. The summed E-state index contributed by atoms with van der Waals surface area (Å²) in [7, 11) is 1.97. The molecule has 0 radical (unpaired) electrons. The smallest absolute Gasteiger partial charge is 0.242 e. The standard InChI is InChI=1S/C15H28N2O/c1-12-8-4-5-9-13(12)17(2)14(18)15(16)10-6-3-7-11-15/h12-13H,3-11,16H2,1-2H3. The highest BCUT2D eigenvalue weighted by molar-refractivity contribution is 5.86. The Kier molecular flexibility index (Phi) is 4.31. The zero-order chi connectivity index (χ0) is 13.2. The quantitative estimate of drug-likeness (QED) is 0.821. The maximum atomic E-state index is 12.7. The number of nitrogens with zero attached hydrogens (tertiary/aromatic N) is 1. The summed E-state index contributed by atoms with van der Waals surface area (Å²) in [4.78, 5) is 14.6. The van der Waals surface area contributed by atoms with Crippen LogP contribution in [0.2, 0.25) is 0 Å². The van der Waals surface area contributed by atoms with Gasteiger partial charge in [-0.25, -0.2) is 0 Å².